The van der Waals surface area contributed by atoms with Crippen molar-refractivity contribution >= 4 is 17.6 Å². The molecule has 1 aromatic heterocycles. The first-order valence-corrected chi connectivity index (χ1v) is 6.62. The Balaban J connectivity index is 2.96. The monoisotopic (exact) mass is 256 g/mol. The van der Waals surface area contributed by atoms with E-state index in [9.17, 15) is 0 Å². The molecule has 5 nitrogen and oxygen atoms in total. The first-order chi connectivity index (χ1) is 8.12. The van der Waals surface area contributed by atoms with Crippen molar-refractivity contribution < 1.29 is 5.11 Å². The van der Waals surface area contributed by atoms with Crippen molar-refractivity contribution in [1.29, 1.82) is 0 Å². The van der Waals surface area contributed by atoms with Crippen LogP contribution in [0, 0.1) is 6.92 Å². The van der Waals surface area contributed by atoms with Crippen LogP contribution in [0.15, 0.2) is 5.03 Å². The van der Waals surface area contributed by atoms with Gasteiger partial charge in [-0.05, 0) is 13.3 Å². The highest BCUT2D eigenvalue weighted by Crippen LogP contribution is 2.29. The molecule has 1 heterocycles. The van der Waals surface area contributed by atoms with Gasteiger partial charge in [-0.1, -0.05) is 13.8 Å². The molecule has 96 valence electrons. The van der Waals surface area contributed by atoms with E-state index in [-0.39, 0.29) is 6.61 Å². The summed E-state index contributed by atoms with van der Waals surface area (Å²) >= 11 is 1.65. The summed E-state index contributed by atoms with van der Waals surface area (Å²) in [6, 6.07) is 0. The van der Waals surface area contributed by atoms with Gasteiger partial charge >= 0.3 is 0 Å². The number of aliphatic hydroxyl groups is 1. The molecule has 0 saturated heterocycles. The molecule has 0 aromatic carbocycles. The summed E-state index contributed by atoms with van der Waals surface area (Å²) in [5.74, 6) is 6.90. The van der Waals surface area contributed by atoms with Crippen LogP contribution in [0.2, 0.25) is 0 Å². The van der Waals surface area contributed by atoms with E-state index < -0.39 is 0 Å². The number of nitrogens with zero attached hydrogens (tertiary/aromatic N) is 2. The van der Waals surface area contributed by atoms with E-state index in [0.29, 0.717) is 11.1 Å². The summed E-state index contributed by atoms with van der Waals surface area (Å²) in [6.45, 7) is 6.23. The Morgan fingerprint density at radius 3 is 2.71 bits per heavy atom. The van der Waals surface area contributed by atoms with E-state index in [1.165, 1.54) is 0 Å². The minimum Gasteiger partial charge on any atom is -0.396 e. The Labute approximate surface area is 106 Å². The van der Waals surface area contributed by atoms with Gasteiger partial charge in [-0.15, -0.1) is 11.8 Å². The largest absolute Gasteiger partial charge is 0.396 e. The Hall–Kier alpha value is -0.850. The van der Waals surface area contributed by atoms with E-state index in [0.717, 1.165) is 29.3 Å². The number of hydrogen-bond donors (Lipinski definition) is 3. The molecule has 6 heteroatoms. The van der Waals surface area contributed by atoms with Gasteiger partial charge in [0, 0.05) is 23.8 Å². The van der Waals surface area contributed by atoms with E-state index in [4.69, 9.17) is 10.9 Å². The number of nitrogens with two attached hydrogens (primary N) is 1. The number of aromatic nitrogens is 2. The lowest BCUT2D eigenvalue weighted by molar-refractivity contribution is 0.289. The molecule has 0 fully saturated rings. The standard InChI is InChI=1S/C11H20N4OS/c1-4-9-13-10(15-12)8(3)11(14-9)17-7(2)5-6-16/h7,16H,4-6,12H2,1-3H3,(H,13,14,15). The molecule has 0 aliphatic heterocycles. The fourth-order valence-electron chi connectivity index (χ4n) is 1.38. The van der Waals surface area contributed by atoms with Gasteiger partial charge in [0.15, 0.2) is 0 Å². The quantitative estimate of drug-likeness (QED) is 0.309. The van der Waals surface area contributed by atoms with Crippen LogP contribution in [-0.2, 0) is 6.42 Å². The molecule has 0 aliphatic rings. The zero-order valence-electron chi connectivity index (χ0n) is 10.5. The highest BCUT2D eigenvalue weighted by molar-refractivity contribution is 7.99. The highest BCUT2D eigenvalue weighted by Gasteiger charge is 2.13. The van der Waals surface area contributed by atoms with Gasteiger partial charge in [0.2, 0.25) is 0 Å². The summed E-state index contributed by atoms with van der Waals surface area (Å²) in [5.41, 5.74) is 3.56. The second kappa shape index (κ2) is 6.78. The van der Waals surface area contributed by atoms with Crippen molar-refractivity contribution in [3.8, 4) is 0 Å². The summed E-state index contributed by atoms with van der Waals surface area (Å²) in [6.07, 6.45) is 1.53. The molecule has 0 saturated carbocycles. The summed E-state index contributed by atoms with van der Waals surface area (Å²) in [7, 11) is 0. The van der Waals surface area contributed by atoms with Crippen LogP contribution in [0.3, 0.4) is 0 Å². The molecule has 0 bridgehead atoms. The second-order valence-electron chi connectivity index (χ2n) is 3.86. The number of anilines is 1. The number of thioether (sulfide) groups is 1. The molecule has 0 radical (unpaired) electrons. The van der Waals surface area contributed by atoms with Crippen molar-refractivity contribution in [3.63, 3.8) is 0 Å². The zero-order chi connectivity index (χ0) is 12.8. The zero-order valence-corrected chi connectivity index (χ0v) is 11.3. The summed E-state index contributed by atoms with van der Waals surface area (Å²) < 4.78 is 0. The van der Waals surface area contributed by atoms with Crippen molar-refractivity contribution in [2.24, 2.45) is 5.84 Å². The van der Waals surface area contributed by atoms with Crippen molar-refractivity contribution in [2.75, 3.05) is 12.0 Å². The molecule has 1 unspecified atom stereocenters. The first kappa shape index (κ1) is 14.2. The van der Waals surface area contributed by atoms with Gasteiger partial charge in [0.25, 0.3) is 0 Å². The fourth-order valence-corrected chi connectivity index (χ4v) is 2.42. The van der Waals surface area contributed by atoms with Gasteiger partial charge in [0.05, 0.1) is 0 Å². The van der Waals surface area contributed by atoms with Gasteiger partial charge in [-0.3, -0.25) is 0 Å². The summed E-state index contributed by atoms with van der Waals surface area (Å²) in [5, 5.41) is 10.2. The molecule has 1 atom stereocenters. The SMILES string of the molecule is CCc1nc(NN)c(C)c(SC(C)CCO)n1. The van der Waals surface area contributed by atoms with Crippen molar-refractivity contribution in [3.05, 3.63) is 11.4 Å². The Morgan fingerprint density at radius 2 is 2.18 bits per heavy atom. The van der Waals surface area contributed by atoms with Crippen LogP contribution >= 0.6 is 11.8 Å². The third-order valence-electron chi connectivity index (χ3n) is 2.45. The lowest BCUT2D eigenvalue weighted by atomic mass is 10.3. The first-order valence-electron chi connectivity index (χ1n) is 5.74. The molecule has 4 N–H and O–H groups in total. The number of nitrogen functional groups attached to an aromatic ring is 1. The van der Waals surface area contributed by atoms with Crippen LogP contribution in [0.25, 0.3) is 0 Å². The van der Waals surface area contributed by atoms with Crippen LogP contribution in [0.4, 0.5) is 5.82 Å². The van der Waals surface area contributed by atoms with Crippen LogP contribution < -0.4 is 11.3 Å². The Bertz CT molecular complexity index is 373. The normalized spacial score (nSPS) is 12.5. The average Bonchev–Trinajstić information content (AvgIpc) is 2.32. The van der Waals surface area contributed by atoms with Gasteiger partial charge < -0.3 is 10.5 Å². The number of rotatable bonds is 6. The van der Waals surface area contributed by atoms with Crippen molar-refractivity contribution in [2.45, 2.75) is 43.9 Å². The van der Waals surface area contributed by atoms with Crippen LogP contribution in [0.1, 0.15) is 31.7 Å². The maximum absolute atomic E-state index is 8.91. The maximum atomic E-state index is 8.91. The van der Waals surface area contributed by atoms with Gasteiger partial charge in [-0.25, -0.2) is 15.8 Å². The number of aliphatic hydroxyl groups excluding tert-OH is 1. The van der Waals surface area contributed by atoms with E-state index >= 15 is 0 Å². The molecule has 1 rings (SSSR count). The summed E-state index contributed by atoms with van der Waals surface area (Å²) in [4.78, 5) is 8.81. The van der Waals surface area contributed by atoms with E-state index in [1.54, 1.807) is 11.8 Å². The van der Waals surface area contributed by atoms with E-state index in [2.05, 4.69) is 22.3 Å². The molecule has 1 aromatic rings. The third kappa shape index (κ3) is 3.83. The fraction of sp³-hybridized carbons (Fsp3) is 0.636. The predicted molar refractivity (Wildman–Crippen MR) is 71.0 cm³/mol. The van der Waals surface area contributed by atoms with Crippen LogP contribution in [-0.4, -0.2) is 26.9 Å². The molecular formula is C11H20N4OS. The average molecular weight is 256 g/mol. The molecule has 0 amide bonds. The minimum atomic E-state index is 0.195. The lowest BCUT2D eigenvalue weighted by Crippen LogP contribution is -2.13. The molecular weight excluding hydrogens is 236 g/mol. The number of nitrogens with one attached hydrogen (secondary N) is 1. The predicted octanol–water partition coefficient (Wildman–Crippen LogP) is 1.50. The lowest BCUT2D eigenvalue weighted by Gasteiger charge is -2.14. The van der Waals surface area contributed by atoms with Crippen molar-refractivity contribution in [1.82, 2.24) is 9.97 Å². The molecule has 0 spiro atoms. The maximum Gasteiger partial charge on any atom is 0.147 e. The highest BCUT2D eigenvalue weighted by atomic mass is 32.2. The Kier molecular flexibility index (Phi) is 5.67. The Morgan fingerprint density at radius 1 is 1.47 bits per heavy atom. The van der Waals surface area contributed by atoms with Gasteiger partial charge in [-0.2, -0.15) is 0 Å². The molecule has 0 aliphatic carbocycles. The number of aryl methyl sites for hydroxylation is 1. The smallest absolute Gasteiger partial charge is 0.147 e. The third-order valence-corrected chi connectivity index (χ3v) is 3.71. The topological polar surface area (TPSA) is 84.1 Å². The second-order valence-corrected chi connectivity index (χ2v) is 5.28. The van der Waals surface area contributed by atoms with Gasteiger partial charge in [0.1, 0.15) is 16.7 Å². The van der Waals surface area contributed by atoms with Crippen LogP contribution in [0.5, 0.6) is 0 Å². The minimum absolute atomic E-state index is 0.195. The number of hydrazine groups is 1. The number of hydrogen-bond acceptors (Lipinski definition) is 6. The van der Waals surface area contributed by atoms with E-state index in [1.807, 2.05) is 13.8 Å². The molecule has 17 heavy (non-hydrogen) atoms.